The highest BCUT2D eigenvalue weighted by molar-refractivity contribution is 7.15. The molecule has 1 unspecified atom stereocenters. The normalized spacial score (nSPS) is 20.1. The van der Waals surface area contributed by atoms with E-state index in [1.807, 2.05) is 14.0 Å². The summed E-state index contributed by atoms with van der Waals surface area (Å²) in [6.45, 7) is 2.86. The molecule has 0 saturated carbocycles. The summed E-state index contributed by atoms with van der Waals surface area (Å²) in [7, 11) is 1.87. The van der Waals surface area contributed by atoms with Gasteiger partial charge in [0, 0.05) is 17.6 Å². The Morgan fingerprint density at radius 3 is 3.06 bits per heavy atom. The second-order valence-corrected chi connectivity index (χ2v) is 5.20. The van der Waals surface area contributed by atoms with Gasteiger partial charge in [-0.15, -0.1) is 11.3 Å². The smallest absolute Gasteiger partial charge is 0.249 e. The van der Waals surface area contributed by atoms with E-state index in [-0.39, 0.29) is 24.4 Å². The molecular weight excluding hydrogens is 252 g/mol. The SMILES string of the molecule is CCC1C(=O)NC(=O)CN1c1ncc(CNC)s1. The van der Waals surface area contributed by atoms with Crippen LogP contribution in [0.15, 0.2) is 6.20 Å². The molecule has 0 bridgehead atoms. The molecule has 2 rings (SSSR count). The van der Waals surface area contributed by atoms with Gasteiger partial charge in [0.15, 0.2) is 5.13 Å². The molecule has 1 aliphatic rings. The van der Waals surface area contributed by atoms with Crippen molar-refractivity contribution in [3.63, 3.8) is 0 Å². The molecule has 6 nitrogen and oxygen atoms in total. The number of hydrogen-bond donors (Lipinski definition) is 2. The molecule has 1 aliphatic heterocycles. The first kappa shape index (κ1) is 13.0. The van der Waals surface area contributed by atoms with Crippen LogP contribution in [0.4, 0.5) is 5.13 Å². The van der Waals surface area contributed by atoms with Crippen molar-refractivity contribution in [1.82, 2.24) is 15.6 Å². The van der Waals surface area contributed by atoms with Gasteiger partial charge in [-0.1, -0.05) is 6.92 Å². The Kier molecular flexibility index (Phi) is 3.93. The Labute approximate surface area is 109 Å². The monoisotopic (exact) mass is 268 g/mol. The molecule has 2 amide bonds. The fourth-order valence-corrected chi connectivity index (χ4v) is 2.93. The molecule has 0 aromatic carbocycles. The van der Waals surface area contributed by atoms with Crippen molar-refractivity contribution in [2.45, 2.75) is 25.9 Å². The molecule has 0 spiro atoms. The minimum Gasteiger partial charge on any atom is -0.327 e. The quantitative estimate of drug-likeness (QED) is 0.758. The summed E-state index contributed by atoms with van der Waals surface area (Å²) in [5.41, 5.74) is 0. The number of imide groups is 1. The van der Waals surface area contributed by atoms with Crippen LogP contribution in [0, 0.1) is 0 Å². The van der Waals surface area contributed by atoms with Crippen molar-refractivity contribution in [1.29, 1.82) is 0 Å². The maximum absolute atomic E-state index is 11.7. The summed E-state index contributed by atoms with van der Waals surface area (Å²) < 4.78 is 0. The molecular formula is C11H16N4O2S. The topological polar surface area (TPSA) is 74.3 Å². The lowest BCUT2D eigenvalue weighted by Crippen LogP contribution is -2.58. The summed E-state index contributed by atoms with van der Waals surface area (Å²) >= 11 is 1.51. The van der Waals surface area contributed by atoms with Crippen LogP contribution in [0.25, 0.3) is 0 Å². The van der Waals surface area contributed by atoms with E-state index in [2.05, 4.69) is 15.6 Å². The van der Waals surface area contributed by atoms with Crippen LogP contribution in [0.3, 0.4) is 0 Å². The van der Waals surface area contributed by atoms with Gasteiger partial charge in [0.05, 0.1) is 0 Å². The number of aromatic nitrogens is 1. The second kappa shape index (κ2) is 5.45. The van der Waals surface area contributed by atoms with Crippen LogP contribution in [0.2, 0.25) is 0 Å². The minimum atomic E-state index is -0.309. The fraction of sp³-hybridized carbons (Fsp3) is 0.545. The largest absolute Gasteiger partial charge is 0.327 e. The van der Waals surface area contributed by atoms with Gasteiger partial charge in [0.2, 0.25) is 11.8 Å². The predicted molar refractivity (Wildman–Crippen MR) is 69.5 cm³/mol. The highest BCUT2D eigenvalue weighted by Gasteiger charge is 2.33. The molecule has 18 heavy (non-hydrogen) atoms. The lowest BCUT2D eigenvalue weighted by atomic mass is 10.1. The van der Waals surface area contributed by atoms with Gasteiger partial charge in [0.25, 0.3) is 0 Å². The number of rotatable bonds is 4. The van der Waals surface area contributed by atoms with Crippen molar-refractivity contribution >= 4 is 28.3 Å². The van der Waals surface area contributed by atoms with Crippen LogP contribution < -0.4 is 15.5 Å². The van der Waals surface area contributed by atoms with Crippen molar-refractivity contribution in [3.8, 4) is 0 Å². The van der Waals surface area contributed by atoms with Crippen LogP contribution in [-0.4, -0.2) is 36.4 Å². The van der Waals surface area contributed by atoms with Crippen LogP contribution in [0.1, 0.15) is 18.2 Å². The van der Waals surface area contributed by atoms with E-state index in [1.165, 1.54) is 11.3 Å². The Balaban J connectivity index is 2.22. The minimum absolute atomic E-state index is 0.191. The van der Waals surface area contributed by atoms with Crippen molar-refractivity contribution in [2.24, 2.45) is 0 Å². The highest BCUT2D eigenvalue weighted by Crippen LogP contribution is 2.26. The third kappa shape index (κ3) is 2.51. The maximum Gasteiger partial charge on any atom is 0.249 e. The molecule has 7 heteroatoms. The van der Waals surface area contributed by atoms with Crippen LogP contribution in [0.5, 0.6) is 0 Å². The Bertz CT molecular complexity index is 460. The standard InChI is InChI=1S/C11H16N4O2S/c1-3-8-10(17)14-9(16)6-15(8)11-13-5-7(18-11)4-12-2/h5,8,12H,3-4,6H2,1-2H3,(H,14,16,17). The maximum atomic E-state index is 11.7. The first-order chi connectivity index (χ1) is 8.65. The molecule has 1 aromatic rings. The average Bonchev–Trinajstić information content (AvgIpc) is 2.77. The predicted octanol–water partition coefficient (Wildman–Crippen LogP) is 0.104. The molecule has 0 radical (unpaired) electrons. The number of piperazine rings is 1. The van der Waals surface area contributed by atoms with E-state index in [0.717, 1.165) is 16.6 Å². The third-order valence-corrected chi connectivity index (χ3v) is 3.81. The van der Waals surface area contributed by atoms with Gasteiger partial charge in [-0.05, 0) is 13.5 Å². The summed E-state index contributed by atoms with van der Waals surface area (Å²) in [6.07, 6.45) is 2.43. The zero-order valence-corrected chi connectivity index (χ0v) is 11.2. The molecule has 1 atom stereocenters. The van der Waals surface area contributed by atoms with E-state index >= 15 is 0 Å². The van der Waals surface area contributed by atoms with Crippen molar-refractivity contribution < 1.29 is 9.59 Å². The second-order valence-electron chi connectivity index (χ2n) is 4.10. The summed E-state index contributed by atoms with van der Waals surface area (Å²) in [5, 5.41) is 6.14. The van der Waals surface area contributed by atoms with Gasteiger partial charge in [-0.3, -0.25) is 14.9 Å². The van der Waals surface area contributed by atoms with E-state index < -0.39 is 0 Å². The lowest BCUT2D eigenvalue weighted by Gasteiger charge is -2.32. The molecule has 1 aromatic heterocycles. The number of carbonyl (C=O) groups is 2. The molecule has 98 valence electrons. The van der Waals surface area contributed by atoms with Crippen LogP contribution in [-0.2, 0) is 16.1 Å². The van der Waals surface area contributed by atoms with Gasteiger partial charge < -0.3 is 10.2 Å². The van der Waals surface area contributed by atoms with Crippen LogP contribution >= 0.6 is 11.3 Å². The number of nitrogens with zero attached hydrogens (tertiary/aromatic N) is 2. The van der Waals surface area contributed by atoms with Gasteiger partial charge in [0.1, 0.15) is 12.6 Å². The molecule has 2 N–H and O–H groups in total. The summed E-state index contributed by atoms with van der Waals surface area (Å²) in [6, 6.07) is -0.309. The molecule has 1 saturated heterocycles. The fourth-order valence-electron chi connectivity index (χ4n) is 1.96. The number of nitrogens with one attached hydrogen (secondary N) is 2. The van der Waals surface area contributed by atoms with Crippen molar-refractivity contribution in [3.05, 3.63) is 11.1 Å². The number of anilines is 1. The van der Waals surface area contributed by atoms with E-state index in [0.29, 0.717) is 6.42 Å². The van der Waals surface area contributed by atoms with Gasteiger partial charge in [-0.25, -0.2) is 4.98 Å². The first-order valence-corrected chi connectivity index (χ1v) is 6.67. The van der Waals surface area contributed by atoms with Gasteiger partial charge >= 0.3 is 0 Å². The van der Waals surface area contributed by atoms with Crippen molar-refractivity contribution in [2.75, 3.05) is 18.5 Å². The number of amides is 2. The highest BCUT2D eigenvalue weighted by atomic mass is 32.1. The van der Waals surface area contributed by atoms with E-state index in [4.69, 9.17) is 0 Å². The number of carbonyl (C=O) groups excluding carboxylic acids is 2. The molecule has 2 heterocycles. The van der Waals surface area contributed by atoms with Gasteiger partial charge in [-0.2, -0.15) is 0 Å². The Hall–Kier alpha value is -1.47. The molecule has 0 aliphatic carbocycles. The average molecular weight is 268 g/mol. The van der Waals surface area contributed by atoms with E-state index in [1.54, 1.807) is 11.1 Å². The number of hydrogen-bond acceptors (Lipinski definition) is 6. The zero-order valence-electron chi connectivity index (χ0n) is 10.4. The summed E-state index contributed by atoms with van der Waals surface area (Å²) in [5.74, 6) is -0.505. The lowest BCUT2D eigenvalue weighted by molar-refractivity contribution is -0.132. The first-order valence-electron chi connectivity index (χ1n) is 5.85. The van der Waals surface area contributed by atoms with E-state index in [9.17, 15) is 9.59 Å². The Morgan fingerprint density at radius 2 is 2.39 bits per heavy atom. The number of thiazole rings is 1. The molecule has 1 fully saturated rings. The zero-order chi connectivity index (χ0) is 13.1. The summed E-state index contributed by atoms with van der Waals surface area (Å²) in [4.78, 5) is 30.3. The third-order valence-electron chi connectivity index (χ3n) is 2.78. The Morgan fingerprint density at radius 1 is 1.61 bits per heavy atom.